The predicted octanol–water partition coefficient (Wildman–Crippen LogP) is 2.13. The van der Waals surface area contributed by atoms with E-state index in [4.69, 9.17) is 0 Å². The molecule has 1 unspecified atom stereocenters. The van der Waals surface area contributed by atoms with Crippen LogP contribution in [-0.2, 0) is 0 Å². The summed E-state index contributed by atoms with van der Waals surface area (Å²) in [5.74, 6) is 1.65. The van der Waals surface area contributed by atoms with Gasteiger partial charge in [-0.2, -0.15) is 5.10 Å². The Bertz CT molecular complexity index is 467. The second-order valence-corrected chi connectivity index (χ2v) is 3.93. The van der Waals surface area contributed by atoms with E-state index in [1.807, 2.05) is 12.1 Å². The average Bonchev–Trinajstić information content (AvgIpc) is 3.01. The number of rotatable bonds is 2. The number of hydrogen-bond donors (Lipinski definition) is 2. The van der Waals surface area contributed by atoms with Gasteiger partial charge in [0.2, 0.25) is 0 Å². The molecule has 0 aliphatic carbocycles. The Hall–Kier alpha value is -1.17. The van der Waals surface area contributed by atoms with Crippen molar-refractivity contribution in [2.24, 2.45) is 0 Å². The summed E-state index contributed by atoms with van der Waals surface area (Å²) in [6, 6.07) is 4.18. The third kappa shape index (κ3) is 2.98. The van der Waals surface area contributed by atoms with E-state index in [0.717, 1.165) is 30.2 Å². The molecule has 5 nitrogen and oxygen atoms in total. The van der Waals surface area contributed by atoms with Crippen LogP contribution in [-0.4, -0.2) is 26.7 Å². The summed E-state index contributed by atoms with van der Waals surface area (Å²) in [4.78, 5) is 8.55. The molecule has 1 aliphatic heterocycles. The van der Waals surface area contributed by atoms with Gasteiger partial charge in [0.1, 0.15) is 5.82 Å². The van der Waals surface area contributed by atoms with Crippen molar-refractivity contribution in [1.82, 2.24) is 25.5 Å². The third-order valence-electron chi connectivity index (χ3n) is 2.81. The lowest BCUT2D eigenvalue weighted by Crippen LogP contribution is -2.14. The van der Waals surface area contributed by atoms with Crippen molar-refractivity contribution in [2.75, 3.05) is 6.54 Å². The van der Waals surface area contributed by atoms with Crippen LogP contribution in [0.2, 0.25) is 0 Å². The van der Waals surface area contributed by atoms with Crippen LogP contribution in [0.3, 0.4) is 0 Å². The van der Waals surface area contributed by atoms with Crippen LogP contribution < -0.4 is 5.32 Å². The lowest BCUT2D eigenvalue weighted by Gasteiger charge is -2.03. The maximum Gasteiger partial charge on any atom is 0.182 e. The van der Waals surface area contributed by atoms with E-state index in [1.54, 1.807) is 12.4 Å². The van der Waals surface area contributed by atoms with Crippen molar-refractivity contribution >= 4 is 24.8 Å². The zero-order valence-electron chi connectivity index (χ0n) is 9.67. The highest BCUT2D eigenvalue weighted by Gasteiger charge is 2.19. The molecule has 1 aliphatic rings. The zero-order chi connectivity index (χ0) is 10.8. The second-order valence-electron chi connectivity index (χ2n) is 3.93. The summed E-state index contributed by atoms with van der Waals surface area (Å²) in [7, 11) is 0. The largest absolute Gasteiger partial charge is 0.307 e. The molecule has 0 aromatic carbocycles. The minimum Gasteiger partial charge on any atom is -0.307 e. The zero-order valence-corrected chi connectivity index (χ0v) is 11.3. The molecule has 1 saturated heterocycles. The molecule has 1 fully saturated rings. The highest BCUT2D eigenvalue weighted by atomic mass is 35.5. The van der Waals surface area contributed by atoms with E-state index in [2.05, 4.69) is 25.5 Å². The van der Waals surface area contributed by atoms with Gasteiger partial charge < -0.3 is 5.32 Å². The smallest absolute Gasteiger partial charge is 0.182 e. The maximum absolute atomic E-state index is 4.49. The standard InChI is InChI=1S/C11H13N5.2ClH/c1-3-8(7-12-5-1)10-14-11(16-15-10)9-4-2-6-13-9;;/h1,3,5,7,9,13H,2,4,6H2,(H,14,15,16);2*1H. The van der Waals surface area contributed by atoms with E-state index < -0.39 is 0 Å². The fraction of sp³-hybridized carbons (Fsp3) is 0.364. The Balaban J connectivity index is 0.000000810. The summed E-state index contributed by atoms with van der Waals surface area (Å²) in [5.41, 5.74) is 0.947. The molecule has 1 atom stereocenters. The fourth-order valence-electron chi connectivity index (χ4n) is 1.97. The van der Waals surface area contributed by atoms with Gasteiger partial charge in [-0.1, -0.05) is 0 Å². The molecule has 3 heterocycles. The maximum atomic E-state index is 4.49. The third-order valence-corrected chi connectivity index (χ3v) is 2.81. The van der Waals surface area contributed by atoms with Crippen LogP contribution in [0.15, 0.2) is 24.5 Å². The quantitative estimate of drug-likeness (QED) is 0.888. The molecule has 2 N–H and O–H groups in total. The molecule has 0 bridgehead atoms. The molecule has 3 rings (SSSR count). The van der Waals surface area contributed by atoms with Gasteiger partial charge in [-0.05, 0) is 31.5 Å². The SMILES string of the molecule is Cl.Cl.c1cncc(-c2n[nH]c(C3CCCN3)n2)c1. The van der Waals surface area contributed by atoms with Crippen molar-refractivity contribution in [3.63, 3.8) is 0 Å². The van der Waals surface area contributed by atoms with Crippen LogP contribution in [0.5, 0.6) is 0 Å². The number of H-pyrrole nitrogens is 1. The van der Waals surface area contributed by atoms with Gasteiger partial charge in [0, 0.05) is 18.0 Å². The molecule has 98 valence electrons. The van der Waals surface area contributed by atoms with Gasteiger partial charge in [-0.3, -0.25) is 10.1 Å². The van der Waals surface area contributed by atoms with E-state index in [9.17, 15) is 0 Å². The van der Waals surface area contributed by atoms with Crippen molar-refractivity contribution < 1.29 is 0 Å². The number of halogens is 2. The Morgan fingerprint density at radius 3 is 2.83 bits per heavy atom. The molecule has 18 heavy (non-hydrogen) atoms. The van der Waals surface area contributed by atoms with Crippen molar-refractivity contribution in [3.8, 4) is 11.4 Å². The van der Waals surface area contributed by atoms with Gasteiger partial charge in [-0.25, -0.2) is 4.98 Å². The summed E-state index contributed by atoms with van der Waals surface area (Å²) in [5, 5.41) is 10.6. The lowest BCUT2D eigenvalue weighted by atomic mass is 10.2. The monoisotopic (exact) mass is 287 g/mol. The van der Waals surface area contributed by atoms with Gasteiger partial charge in [0.15, 0.2) is 5.82 Å². The number of nitrogens with zero attached hydrogens (tertiary/aromatic N) is 3. The minimum atomic E-state index is 0. The van der Waals surface area contributed by atoms with Gasteiger partial charge in [-0.15, -0.1) is 24.8 Å². The molecular weight excluding hydrogens is 273 g/mol. The van der Waals surface area contributed by atoms with Gasteiger partial charge in [0.25, 0.3) is 0 Å². The highest BCUT2D eigenvalue weighted by molar-refractivity contribution is 5.85. The first-order valence-electron chi connectivity index (χ1n) is 5.49. The van der Waals surface area contributed by atoms with Gasteiger partial charge >= 0.3 is 0 Å². The fourth-order valence-corrected chi connectivity index (χ4v) is 1.97. The predicted molar refractivity (Wildman–Crippen MR) is 74.1 cm³/mol. The number of aromatic amines is 1. The Kier molecular flexibility index (Phi) is 5.53. The molecule has 2 aromatic rings. The normalized spacial score (nSPS) is 17.9. The van der Waals surface area contributed by atoms with Crippen LogP contribution in [0.4, 0.5) is 0 Å². The van der Waals surface area contributed by atoms with Crippen LogP contribution in [0.1, 0.15) is 24.7 Å². The number of pyridine rings is 1. The molecule has 0 saturated carbocycles. The van der Waals surface area contributed by atoms with E-state index in [0.29, 0.717) is 6.04 Å². The van der Waals surface area contributed by atoms with Crippen LogP contribution >= 0.6 is 24.8 Å². The number of aromatic nitrogens is 4. The minimum absolute atomic E-state index is 0. The Morgan fingerprint density at radius 1 is 1.28 bits per heavy atom. The first-order chi connectivity index (χ1) is 7.93. The van der Waals surface area contributed by atoms with Crippen molar-refractivity contribution in [1.29, 1.82) is 0 Å². The first-order valence-corrected chi connectivity index (χ1v) is 5.49. The number of nitrogens with one attached hydrogen (secondary N) is 2. The van der Waals surface area contributed by atoms with Crippen LogP contribution in [0.25, 0.3) is 11.4 Å². The molecular formula is C11H15Cl2N5. The number of hydrogen-bond acceptors (Lipinski definition) is 4. The van der Waals surface area contributed by atoms with Gasteiger partial charge in [0.05, 0.1) is 6.04 Å². The summed E-state index contributed by atoms with van der Waals surface area (Å²) in [6.07, 6.45) is 5.85. The summed E-state index contributed by atoms with van der Waals surface area (Å²) in [6.45, 7) is 1.06. The Morgan fingerprint density at radius 2 is 2.17 bits per heavy atom. The molecule has 7 heteroatoms. The molecule has 2 aromatic heterocycles. The second kappa shape index (κ2) is 6.68. The van der Waals surface area contributed by atoms with Crippen molar-refractivity contribution in [3.05, 3.63) is 30.4 Å². The molecule has 0 amide bonds. The summed E-state index contributed by atoms with van der Waals surface area (Å²) >= 11 is 0. The molecule has 0 spiro atoms. The Labute approximate surface area is 118 Å². The summed E-state index contributed by atoms with van der Waals surface area (Å²) < 4.78 is 0. The topological polar surface area (TPSA) is 66.5 Å². The lowest BCUT2D eigenvalue weighted by molar-refractivity contribution is 0.608. The van der Waals surface area contributed by atoms with E-state index in [-0.39, 0.29) is 24.8 Å². The van der Waals surface area contributed by atoms with Crippen molar-refractivity contribution in [2.45, 2.75) is 18.9 Å². The average molecular weight is 288 g/mol. The van der Waals surface area contributed by atoms with E-state index in [1.165, 1.54) is 6.42 Å². The van der Waals surface area contributed by atoms with E-state index >= 15 is 0 Å². The molecule has 0 radical (unpaired) electrons. The first kappa shape index (κ1) is 14.9. The highest BCUT2D eigenvalue weighted by Crippen LogP contribution is 2.21. The van der Waals surface area contributed by atoms with Crippen LogP contribution in [0, 0.1) is 0 Å².